The lowest BCUT2D eigenvalue weighted by molar-refractivity contribution is 0.0830. The molecule has 5 nitrogen and oxygen atoms in total. The first-order valence-electron chi connectivity index (χ1n) is 6.45. The highest BCUT2D eigenvalue weighted by Gasteiger charge is 2.21. The maximum atomic E-state index is 9.71. The monoisotopic (exact) mass is 260 g/mol. The number of phenols is 1. The summed E-state index contributed by atoms with van der Waals surface area (Å²) in [5.74, 6) is 1.74. The average Bonchev–Trinajstić information content (AvgIpc) is 2.93. The van der Waals surface area contributed by atoms with Gasteiger partial charge >= 0.3 is 0 Å². The molecular formula is C14H16N2O3. The molecule has 1 fully saturated rings. The van der Waals surface area contributed by atoms with Crippen LogP contribution >= 0.6 is 0 Å². The topological polar surface area (TPSA) is 68.4 Å². The number of ether oxygens (including phenoxy) is 1. The first kappa shape index (κ1) is 12.2. The van der Waals surface area contributed by atoms with Gasteiger partial charge in [-0.25, -0.2) is 0 Å². The minimum Gasteiger partial charge on any atom is -0.508 e. The van der Waals surface area contributed by atoms with Crippen molar-refractivity contribution in [2.45, 2.75) is 25.7 Å². The molecule has 0 radical (unpaired) electrons. The summed E-state index contributed by atoms with van der Waals surface area (Å²) in [5.41, 5.74) is 1.57. The highest BCUT2D eigenvalue weighted by Crippen LogP contribution is 2.28. The van der Waals surface area contributed by atoms with Gasteiger partial charge in [0.05, 0.1) is 0 Å². The summed E-state index contributed by atoms with van der Waals surface area (Å²) >= 11 is 0. The van der Waals surface area contributed by atoms with E-state index in [-0.39, 0.29) is 5.75 Å². The van der Waals surface area contributed by atoms with Gasteiger partial charge in [0.2, 0.25) is 0 Å². The van der Waals surface area contributed by atoms with Crippen LogP contribution in [-0.2, 0) is 4.74 Å². The van der Waals surface area contributed by atoms with Gasteiger partial charge < -0.3 is 14.4 Å². The van der Waals surface area contributed by atoms with E-state index in [1.165, 1.54) is 0 Å². The van der Waals surface area contributed by atoms with E-state index < -0.39 is 0 Å². The molecule has 1 aromatic carbocycles. The van der Waals surface area contributed by atoms with E-state index in [0.29, 0.717) is 11.8 Å². The number of benzene rings is 1. The smallest absolute Gasteiger partial charge is 0.258 e. The molecule has 1 saturated heterocycles. The summed E-state index contributed by atoms with van der Waals surface area (Å²) in [6.45, 7) is 3.35. The molecule has 0 amide bonds. The van der Waals surface area contributed by atoms with Gasteiger partial charge in [0.25, 0.3) is 5.89 Å². The Morgan fingerprint density at radius 2 is 2.05 bits per heavy atom. The molecule has 0 atom stereocenters. The van der Waals surface area contributed by atoms with Crippen molar-refractivity contribution >= 4 is 0 Å². The van der Waals surface area contributed by atoms with Crippen LogP contribution in [0.4, 0.5) is 0 Å². The molecule has 2 heterocycles. The Kier molecular flexibility index (Phi) is 3.21. The van der Waals surface area contributed by atoms with Crippen molar-refractivity contribution in [1.29, 1.82) is 0 Å². The molecule has 1 aliphatic rings. The molecule has 0 unspecified atom stereocenters. The summed E-state index contributed by atoms with van der Waals surface area (Å²) in [4.78, 5) is 4.43. The summed E-state index contributed by atoms with van der Waals surface area (Å²) in [5, 5.41) is 13.8. The summed E-state index contributed by atoms with van der Waals surface area (Å²) < 4.78 is 10.6. The van der Waals surface area contributed by atoms with E-state index in [1.807, 2.05) is 19.1 Å². The number of aromatic hydroxyl groups is 1. The standard InChI is InChI=1S/C14H16N2O3/c1-9-2-3-11(8-12(9)17)14-15-13(16-19-14)10-4-6-18-7-5-10/h2-3,8,10,17H,4-7H2,1H3. The molecule has 0 aliphatic carbocycles. The zero-order chi connectivity index (χ0) is 13.2. The predicted octanol–water partition coefficient (Wildman–Crippen LogP) is 2.64. The van der Waals surface area contributed by atoms with E-state index in [4.69, 9.17) is 9.26 Å². The van der Waals surface area contributed by atoms with Crippen LogP contribution in [0.1, 0.15) is 30.1 Å². The molecule has 1 N–H and O–H groups in total. The molecule has 19 heavy (non-hydrogen) atoms. The van der Waals surface area contributed by atoms with Crippen LogP contribution in [0, 0.1) is 6.92 Å². The molecule has 3 rings (SSSR count). The fourth-order valence-corrected chi connectivity index (χ4v) is 2.22. The summed E-state index contributed by atoms with van der Waals surface area (Å²) in [7, 11) is 0. The van der Waals surface area contributed by atoms with Gasteiger partial charge in [0.15, 0.2) is 5.82 Å². The van der Waals surface area contributed by atoms with Gasteiger partial charge in [0, 0.05) is 24.7 Å². The van der Waals surface area contributed by atoms with Crippen LogP contribution in [0.2, 0.25) is 0 Å². The van der Waals surface area contributed by atoms with Crippen LogP contribution < -0.4 is 0 Å². The zero-order valence-corrected chi connectivity index (χ0v) is 10.8. The number of rotatable bonds is 2. The van der Waals surface area contributed by atoms with E-state index in [0.717, 1.165) is 43.0 Å². The normalized spacial score (nSPS) is 16.7. The average molecular weight is 260 g/mol. The van der Waals surface area contributed by atoms with E-state index in [9.17, 15) is 5.11 Å². The Morgan fingerprint density at radius 1 is 1.26 bits per heavy atom. The van der Waals surface area contributed by atoms with Gasteiger partial charge in [-0.05, 0) is 37.5 Å². The number of phenolic OH excluding ortho intramolecular Hbond substituents is 1. The first-order valence-corrected chi connectivity index (χ1v) is 6.45. The van der Waals surface area contributed by atoms with Gasteiger partial charge in [-0.1, -0.05) is 11.2 Å². The second-order valence-corrected chi connectivity index (χ2v) is 4.85. The third-order valence-electron chi connectivity index (χ3n) is 3.48. The molecule has 5 heteroatoms. The second kappa shape index (κ2) is 5.01. The Balaban J connectivity index is 1.85. The Bertz CT molecular complexity index is 574. The van der Waals surface area contributed by atoms with Crippen LogP contribution in [0.5, 0.6) is 5.75 Å². The molecule has 2 aromatic rings. The van der Waals surface area contributed by atoms with Gasteiger partial charge in [-0.15, -0.1) is 0 Å². The van der Waals surface area contributed by atoms with Crippen molar-refractivity contribution in [3.05, 3.63) is 29.6 Å². The maximum absolute atomic E-state index is 9.71. The van der Waals surface area contributed by atoms with Crippen LogP contribution in [0.15, 0.2) is 22.7 Å². The highest BCUT2D eigenvalue weighted by atomic mass is 16.5. The van der Waals surface area contributed by atoms with E-state index in [1.54, 1.807) is 6.07 Å². The fraction of sp³-hybridized carbons (Fsp3) is 0.429. The van der Waals surface area contributed by atoms with Gasteiger partial charge in [-0.3, -0.25) is 0 Å². The van der Waals surface area contributed by atoms with Crippen LogP contribution in [0.3, 0.4) is 0 Å². The number of aromatic nitrogens is 2. The number of hydrogen-bond acceptors (Lipinski definition) is 5. The lowest BCUT2D eigenvalue weighted by atomic mass is 10.00. The van der Waals surface area contributed by atoms with Crippen molar-refractivity contribution in [1.82, 2.24) is 10.1 Å². The molecule has 0 spiro atoms. The molecule has 0 bridgehead atoms. The fourth-order valence-electron chi connectivity index (χ4n) is 2.22. The molecule has 100 valence electrons. The SMILES string of the molecule is Cc1ccc(-c2nc(C3CCOCC3)no2)cc1O. The first-order chi connectivity index (χ1) is 9.24. The highest BCUT2D eigenvalue weighted by molar-refractivity contribution is 5.57. The van der Waals surface area contributed by atoms with Crippen molar-refractivity contribution in [3.8, 4) is 17.2 Å². The zero-order valence-electron chi connectivity index (χ0n) is 10.8. The summed E-state index contributed by atoms with van der Waals surface area (Å²) in [6.07, 6.45) is 1.86. The largest absolute Gasteiger partial charge is 0.508 e. The van der Waals surface area contributed by atoms with Gasteiger partial charge in [0.1, 0.15) is 5.75 Å². The summed E-state index contributed by atoms with van der Waals surface area (Å²) in [6, 6.07) is 5.36. The lowest BCUT2D eigenvalue weighted by Gasteiger charge is -2.18. The maximum Gasteiger partial charge on any atom is 0.258 e. The van der Waals surface area contributed by atoms with Crippen molar-refractivity contribution in [3.63, 3.8) is 0 Å². The quantitative estimate of drug-likeness (QED) is 0.899. The van der Waals surface area contributed by atoms with Crippen molar-refractivity contribution < 1.29 is 14.4 Å². The Hall–Kier alpha value is -1.88. The van der Waals surface area contributed by atoms with Crippen molar-refractivity contribution in [2.75, 3.05) is 13.2 Å². The van der Waals surface area contributed by atoms with Crippen LogP contribution in [0.25, 0.3) is 11.5 Å². The minimum absolute atomic E-state index is 0.239. The van der Waals surface area contributed by atoms with Crippen molar-refractivity contribution in [2.24, 2.45) is 0 Å². The lowest BCUT2D eigenvalue weighted by Crippen LogP contribution is -2.15. The number of aryl methyl sites for hydroxylation is 1. The molecular weight excluding hydrogens is 244 g/mol. The second-order valence-electron chi connectivity index (χ2n) is 4.85. The number of nitrogens with zero attached hydrogens (tertiary/aromatic N) is 2. The molecule has 1 aliphatic heterocycles. The number of hydrogen-bond donors (Lipinski definition) is 1. The van der Waals surface area contributed by atoms with Crippen LogP contribution in [-0.4, -0.2) is 28.5 Å². The molecule has 1 aromatic heterocycles. The van der Waals surface area contributed by atoms with Gasteiger partial charge in [-0.2, -0.15) is 4.98 Å². The predicted molar refractivity (Wildman–Crippen MR) is 68.9 cm³/mol. The minimum atomic E-state index is 0.239. The third-order valence-corrected chi connectivity index (χ3v) is 3.48. The Morgan fingerprint density at radius 3 is 2.79 bits per heavy atom. The third kappa shape index (κ3) is 2.46. The molecule has 0 saturated carbocycles. The Labute approximate surface area is 111 Å². The van der Waals surface area contributed by atoms with E-state index >= 15 is 0 Å². The van der Waals surface area contributed by atoms with E-state index in [2.05, 4.69) is 10.1 Å².